The maximum Gasteiger partial charge on any atom is 0.317 e. The van der Waals surface area contributed by atoms with Crippen molar-refractivity contribution in [2.24, 2.45) is 0 Å². The van der Waals surface area contributed by atoms with Crippen molar-refractivity contribution in [3.8, 4) is 11.8 Å². The second kappa shape index (κ2) is 8.27. The molecule has 0 saturated carbocycles. The first-order valence-corrected chi connectivity index (χ1v) is 5.04. The zero-order chi connectivity index (χ0) is 11.7. The minimum absolute atomic E-state index is 0.0965. The van der Waals surface area contributed by atoms with E-state index < -0.39 is 5.97 Å². The third-order valence-corrected chi connectivity index (χ3v) is 1.95. The molecule has 1 N–H and O–H groups in total. The fourth-order valence-corrected chi connectivity index (χ4v) is 1.14. The van der Waals surface area contributed by atoms with E-state index in [1.165, 1.54) is 0 Å². The summed E-state index contributed by atoms with van der Waals surface area (Å²) in [6.07, 6.45) is 0.733. The number of rotatable bonds is 7. The smallest absolute Gasteiger partial charge is 0.317 e. The molecule has 0 fully saturated rings. The van der Waals surface area contributed by atoms with Gasteiger partial charge in [-0.05, 0) is 21.0 Å². The van der Waals surface area contributed by atoms with Crippen LogP contribution in [0.5, 0.6) is 0 Å². The largest absolute Gasteiger partial charge is 0.480 e. The summed E-state index contributed by atoms with van der Waals surface area (Å²) in [4.78, 5) is 14.5. The fraction of sp³-hybridized carbons (Fsp3) is 0.727. The molecular formula is C11H20N2O2. The summed E-state index contributed by atoms with van der Waals surface area (Å²) < 4.78 is 0. The minimum atomic E-state index is -0.779. The lowest BCUT2D eigenvalue weighted by atomic mass is 10.3. The van der Waals surface area contributed by atoms with Gasteiger partial charge in [-0.25, -0.2) is 0 Å². The average molecular weight is 212 g/mol. The molecule has 0 amide bonds. The Morgan fingerprint density at radius 3 is 2.40 bits per heavy atom. The van der Waals surface area contributed by atoms with E-state index in [1.54, 1.807) is 6.92 Å². The third-order valence-electron chi connectivity index (χ3n) is 1.95. The number of carboxylic acid groups (broad SMARTS) is 1. The summed E-state index contributed by atoms with van der Waals surface area (Å²) in [5, 5.41) is 8.71. The highest BCUT2D eigenvalue weighted by Gasteiger charge is 2.08. The van der Waals surface area contributed by atoms with E-state index in [2.05, 4.69) is 11.8 Å². The van der Waals surface area contributed by atoms with Crippen molar-refractivity contribution >= 4 is 5.97 Å². The topological polar surface area (TPSA) is 43.8 Å². The third kappa shape index (κ3) is 9.26. The van der Waals surface area contributed by atoms with Crippen molar-refractivity contribution in [2.75, 3.05) is 40.3 Å². The maximum absolute atomic E-state index is 10.6. The second-order valence-electron chi connectivity index (χ2n) is 3.65. The summed E-state index contributed by atoms with van der Waals surface area (Å²) in [6.45, 7) is 4.25. The molecule has 86 valence electrons. The van der Waals surface area contributed by atoms with Gasteiger partial charge in [0, 0.05) is 26.1 Å². The first-order valence-electron chi connectivity index (χ1n) is 5.04. The van der Waals surface area contributed by atoms with Gasteiger partial charge >= 0.3 is 5.97 Å². The van der Waals surface area contributed by atoms with Crippen molar-refractivity contribution < 1.29 is 9.90 Å². The molecule has 0 atom stereocenters. The Morgan fingerprint density at radius 1 is 1.27 bits per heavy atom. The van der Waals surface area contributed by atoms with Crippen LogP contribution >= 0.6 is 0 Å². The van der Waals surface area contributed by atoms with Crippen LogP contribution in [0, 0.1) is 11.8 Å². The highest BCUT2D eigenvalue weighted by Crippen LogP contribution is 1.92. The van der Waals surface area contributed by atoms with Gasteiger partial charge in [-0.2, -0.15) is 0 Å². The lowest BCUT2D eigenvalue weighted by Gasteiger charge is -2.21. The standard InChI is InChI=1S/C11H20N2O2/c1-4-5-6-7-13(10-11(14)15)9-8-12(2)3/h6-10H2,1-3H3,(H,14,15). The van der Waals surface area contributed by atoms with Gasteiger partial charge in [-0.15, -0.1) is 11.8 Å². The monoisotopic (exact) mass is 212 g/mol. The number of aliphatic carboxylic acids is 1. The number of nitrogens with zero attached hydrogens (tertiary/aromatic N) is 2. The number of likely N-dealkylation sites (N-methyl/N-ethyl adjacent to an activating group) is 1. The Labute approximate surface area is 91.9 Å². The highest BCUT2D eigenvalue weighted by molar-refractivity contribution is 5.69. The summed E-state index contributed by atoms with van der Waals surface area (Å²) >= 11 is 0. The van der Waals surface area contributed by atoms with Crippen molar-refractivity contribution in [2.45, 2.75) is 13.3 Å². The number of carbonyl (C=O) groups is 1. The summed E-state index contributed by atoms with van der Waals surface area (Å²) in [7, 11) is 3.95. The zero-order valence-corrected chi connectivity index (χ0v) is 9.79. The Bertz CT molecular complexity index is 241. The van der Waals surface area contributed by atoms with Gasteiger partial charge in [0.15, 0.2) is 0 Å². The lowest BCUT2D eigenvalue weighted by molar-refractivity contribution is -0.138. The Balaban J connectivity index is 3.92. The van der Waals surface area contributed by atoms with Gasteiger partial charge in [0.25, 0.3) is 0 Å². The molecule has 0 bridgehead atoms. The van der Waals surface area contributed by atoms with Gasteiger partial charge < -0.3 is 10.0 Å². The normalized spacial score (nSPS) is 10.2. The van der Waals surface area contributed by atoms with Crippen molar-refractivity contribution in [1.82, 2.24) is 9.80 Å². The molecule has 0 aliphatic heterocycles. The van der Waals surface area contributed by atoms with E-state index in [-0.39, 0.29) is 6.54 Å². The predicted molar refractivity (Wildman–Crippen MR) is 60.7 cm³/mol. The fourth-order valence-electron chi connectivity index (χ4n) is 1.14. The molecule has 0 aliphatic rings. The maximum atomic E-state index is 10.6. The molecule has 0 unspecified atom stereocenters. The lowest BCUT2D eigenvalue weighted by Crippen LogP contribution is -2.36. The molecule has 4 nitrogen and oxygen atoms in total. The van der Waals surface area contributed by atoms with Crippen molar-refractivity contribution in [3.63, 3.8) is 0 Å². The first kappa shape index (κ1) is 13.9. The molecule has 0 aliphatic carbocycles. The van der Waals surface area contributed by atoms with Crippen molar-refractivity contribution in [1.29, 1.82) is 0 Å². The van der Waals surface area contributed by atoms with E-state index in [1.807, 2.05) is 23.9 Å². The Kier molecular flexibility index (Phi) is 7.69. The number of hydrogen-bond donors (Lipinski definition) is 1. The van der Waals surface area contributed by atoms with E-state index in [9.17, 15) is 4.79 Å². The molecule has 0 aromatic rings. The molecule has 0 aromatic carbocycles. The quantitative estimate of drug-likeness (QED) is 0.618. The van der Waals surface area contributed by atoms with Gasteiger partial charge in [0.2, 0.25) is 0 Å². The van der Waals surface area contributed by atoms with Gasteiger partial charge in [-0.3, -0.25) is 9.69 Å². The zero-order valence-electron chi connectivity index (χ0n) is 9.79. The van der Waals surface area contributed by atoms with E-state index in [0.717, 1.165) is 26.1 Å². The van der Waals surface area contributed by atoms with Crippen LogP contribution in [0.25, 0.3) is 0 Å². The first-order chi connectivity index (χ1) is 7.06. The van der Waals surface area contributed by atoms with Crippen LogP contribution in [0.4, 0.5) is 0 Å². The molecule has 0 saturated heterocycles. The molecule has 0 spiro atoms. The number of hydrogen-bond acceptors (Lipinski definition) is 3. The molecule has 0 radical (unpaired) electrons. The molecule has 0 heterocycles. The SMILES string of the molecule is CC#CCCN(CCN(C)C)CC(=O)O. The van der Waals surface area contributed by atoms with E-state index >= 15 is 0 Å². The van der Waals surface area contributed by atoms with Gasteiger partial charge in [-0.1, -0.05) is 0 Å². The van der Waals surface area contributed by atoms with E-state index in [4.69, 9.17) is 5.11 Å². The van der Waals surface area contributed by atoms with Crippen LogP contribution in [0.15, 0.2) is 0 Å². The van der Waals surface area contributed by atoms with Crippen LogP contribution < -0.4 is 0 Å². The summed E-state index contributed by atoms with van der Waals surface area (Å²) in [5.74, 6) is 4.97. The Morgan fingerprint density at radius 2 is 1.93 bits per heavy atom. The minimum Gasteiger partial charge on any atom is -0.480 e. The van der Waals surface area contributed by atoms with E-state index in [0.29, 0.717) is 0 Å². The summed E-state index contributed by atoms with van der Waals surface area (Å²) in [6, 6.07) is 0. The van der Waals surface area contributed by atoms with Crippen LogP contribution in [0.2, 0.25) is 0 Å². The van der Waals surface area contributed by atoms with Gasteiger partial charge in [0.05, 0.1) is 6.54 Å². The summed E-state index contributed by atoms with van der Waals surface area (Å²) in [5.41, 5.74) is 0. The van der Waals surface area contributed by atoms with Crippen LogP contribution in [0.3, 0.4) is 0 Å². The number of carboxylic acids is 1. The van der Waals surface area contributed by atoms with Crippen LogP contribution in [-0.2, 0) is 4.79 Å². The predicted octanol–water partition coefficient (Wildman–Crippen LogP) is 0.348. The molecule has 15 heavy (non-hydrogen) atoms. The molecule has 0 rings (SSSR count). The van der Waals surface area contributed by atoms with Gasteiger partial charge in [0.1, 0.15) is 0 Å². The highest BCUT2D eigenvalue weighted by atomic mass is 16.4. The molecular weight excluding hydrogens is 192 g/mol. The van der Waals surface area contributed by atoms with Crippen LogP contribution in [0.1, 0.15) is 13.3 Å². The Hall–Kier alpha value is -1.05. The molecule has 0 aromatic heterocycles. The average Bonchev–Trinajstić information content (AvgIpc) is 2.13. The second-order valence-corrected chi connectivity index (χ2v) is 3.65. The van der Waals surface area contributed by atoms with Crippen LogP contribution in [-0.4, -0.2) is 61.2 Å². The van der Waals surface area contributed by atoms with Crippen molar-refractivity contribution in [3.05, 3.63) is 0 Å². The molecule has 4 heteroatoms.